The van der Waals surface area contributed by atoms with Crippen LogP contribution in [-0.2, 0) is 0 Å². The first kappa shape index (κ1) is 10.7. The van der Waals surface area contributed by atoms with Crippen LogP contribution in [0.4, 0.5) is 0 Å². The topological polar surface area (TPSA) is 32.3 Å². The third kappa shape index (κ3) is 4.99. The van der Waals surface area contributed by atoms with Gasteiger partial charge in [-0.1, -0.05) is 26.0 Å². The lowest BCUT2D eigenvalue weighted by Crippen LogP contribution is -2.37. The van der Waals surface area contributed by atoms with E-state index in [1.165, 1.54) is 0 Å². The summed E-state index contributed by atoms with van der Waals surface area (Å²) in [5.41, 5.74) is 1.10. The highest BCUT2D eigenvalue weighted by atomic mass is 16.3. The van der Waals surface area contributed by atoms with Crippen molar-refractivity contribution in [2.45, 2.75) is 26.8 Å². The zero-order chi connectivity index (χ0) is 8.85. The molecule has 2 heteroatoms. The lowest BCUT2D eigenvalue weighted by Gasteiger charge is -2.19. The van der Waals surface area contributed by atoms with Gasteiger partial charge in [0.1, 0.15) is 0 Å². The second kappa shape index (κ2) is 5.33. The maximum absolute atomic E-state index is 8.92. The monoisotopic (exact) mass is 157 g/mol. The first-order valence-electron chi connectivity index (χ1n) is 4.06. The highest BCUT2D eigenvalue weighted by molar-refractivity contribution is 4.92. The van der Waals surface area contributed by atoms with Crippen molar-refractivity contribution < 1.29 is 5.11 Å². The van der Waals surface area contributed by atoms with Crippen LogP contribution >= 0.6 is 0 Å². The lowest BCUT2D eigenvalue weighted by molar-refractivity contribution is 0.214. The maximum atomic E-state index is 8.92. The molecule has 0 aromatic rings. The van der Waals surface area contributed by atoms with Crippen molar-refractivity contribution in [1.82, 2.24) is 5.32 Å². The van der Waals surface area contributed by atoms with Crippen molar-refractivity contribution in [3.63, 3.8) is 0 Å². The summed E-state index contributed by atoms with van der Waals surface area (Å²) in [4.78, 5) is 0. The van der Waals surface area contributed by atoms with Gasteiger partial charge in [0.15, 0.2) is 0 Å². The standard InChI is InChI=1S/C9H19NO/c1-7(2)5-10-9(6-11)8(3)4/h8-11H,1,5-6H2,2-4H3. The van der Waals surface area contributed by atoms with E-state index in [2.05, 4.69) is 25.7 Å². The van der Waals surface area contributed by atoms with Crippen LogP contribution in [0.1, 0.15) is 20.8 Å². The fourth-order valence-corrected chi connectivity index (χ4v) is 0.816. The van der Waals surface area contributed by atoms with Gasteiger partial charge in [-0.25, -0.2) is 0 Å². The minimum Gasteiger partial charge on any atom is -0.395 e. The van der Waals surface area contributed by atoms with Crippen LogP contribution in [-0.4, -0.2) is 24.3 Å². The normalized spacial score (nSPS) is 13.5. The minimum absolute atomic E-state index is 0.199. The quantitative estimate of drug-likeness (QED) is 0.587. The molecule has 66 valence electrons. The van der Waals surface area contributed by atoms with Gasteiger partial charge in [-0.3, -0.25) is 0 Å². The second-order valence-electron chi connectivity index (χ2n) is 3.37. The Morgan fingerprint density at radius 3 is 2.36 bits per heavy atom. The summed E-state index contributed by atoms with van der Waals surface area (Å²) in [6.45, 7) is 10.9. The Morgan fingerprint density at radius 1 is 1.55 bits per heavy atom. The first-order valence-corrected chi connectivity index (χ1v) is 4.06. The fraction of sp³-hybridized carbons (Fsp3) is 0.778. The number of hydrogen-bond donors (Lipinski definition) is 2. The third-order valence-electron chi connectivity index (χ3n) is 1.67. The summed E-state index contributed by atoms with van der Waals surface area (Å²) in [5, 5.41) is 12.1. The van der Waals surface area contributed by atoms with E-state index >= 15 is 0 Å². The van der Waals surface area contributed by atoms with E-state index in [1.807, 2.05) is 6.92 Å². The zero-order valence-corrected chi connectivity index (χ0v) is 7.72. The van der Waals surface area contributed by atoms with Crippen LogP contribution in [0.15, 0.2) is 12.2 Å². The molecule has 0 fully saturated rings. The van der Waals surface area contributed by atoms with Crippen LogP contribution in [0.2, 0.25) is 0 Å². The third-order valence-corrected chi connectivity index (χ3v) is 1.67. The molecule has 0 radical (unpaired) electrons. The fourth-order valence-electron chi connectivity index (χ4n) is 0.816. The molecule has 0 bridgehead atoms. The highest BCUT2D eigenvalue weighted by Crippen LogP contribution is 2.00. The molecule has 1 atom stereocenters. The molecule has 0 rings (SSSR count). The molecule has 0 aromatic carbocycles. The minimum atomic E-state index is 0.199. The van der Waals surface area contributed by atoms with Crippen LogP contribution in [0.3, 0.4) is 0 Å². The summed E-state index contributed by atoms with van der Waals surface area (Å²) in [7, 11) is 0. The average Bonchev–Trinajstić information content (AvgIpc) is 1.87. The average molecular weight is 157 g/mol. The molecule has 1 unspecified atom stereocenters. The molecule has 2 N–H and O–H groups in total. The van der Waals surface area contributed by atoms with Crippen molar-refractivity contribution in [2.24, 2.45) is 5.92 Å². The van der Waals surface area contributed by atoms with E-state index in [1.54, 1.807) is 0 Å². The molecular weight excluding hydrogens is 138 g/mol. The van der Waals surface area contributed by atoms with Crippen molar-refractivity contribution >= 4 is 0 Å². The molecule has 0 saturated heterocycles. The van der Waals surface area contributed by atoms with Crippen molar-refractivity contribution in [2.75, 3.05) is 13.2 Å². The summed E-state index contributed by atoms with van der Waals surface area (Å²) in [5.74, 6) is 0.472. The van der Waals surface area contributed by atoms with Gasteiger partial charge in [-0.15, -0.1) is 0 Å². The Hall–Kier alpha value is -0.340. The van der Waals surface area contributed by atoms with Crippen molar-refractivity contribution in [1.29, 1.82) is 0 Å². The van der Waals surface area contributed by atoms with Gasteiger partial charge in [-0.2, -0.15) is 0 Å². The number of rotatable bonds is 5. The maximum Gasteiger partial charge on any atom is 0.0587 e. The van der Waals surface area contributed by atoms with E-state index in [-0.39, 0.29) is 12.6 Å². The predicted octanol–water partition coefficient (Wildman–Crippen LogP) is 1.17. The summed E-state index contributed by atoms with van der Waals surface area (Å²) >= 11 is 0. The second-order valence-corrected chi connectivity index (χ2v) is 3.37. The Morgan fingerprint density at radius 2 is 2.09 bits per heavy atom. The molecule has 0 heterocycles. The Balaban J connectivity index is 3.61. The van der Waals surface area contributed by atoms with Gasteiger partial charge in [0.25, 0.3) is 0 Å². The van der Waals surface area contributed by atoms with Crippen LogP contribution in [0.25, 0.3) is 0 Å². The molecule has 0 spiro atoms. The van der Waals surface area contributed by atoms with Gasteiger partial charge in [0.05, 0.1) is 6.61 Å². The van der Waals surface area contributed by atoms with Gasteiger partial charge in [0, 0.05) is 12.6 Å². The first-order chi connectivity index (χ1) is 5.07. The predicted molar refractivity (Wildman–Crippen MR) is 48.5 cm³/mol. The van der Waals surface area contributed by atoms with Gasteiger partial charge < -0.3 is 10.4 Å². The van der Waals surface area contributed by atoms with E-state index in [9.17, 15) is 0 Å². The van der Waals surface area contributed by atoms with E-state index in [4.69, 9.17) is 5.11 Å². The Labute approximate surface area is 69.3 Å². The van der Waals surface area contributed by atoms with E-state index in [0.29, 0.717) is 5.92 Å². The van der Waals surface area contributed by atoms with Crippen LogP contribution < -0.4 is 5.32 Å². The van der Waals surface area contributed by atoms with Gasteiger partial charge in [-0.05, 0) is 12.8 Å². The van der Waals surface area contributed by atoms with Gasteiger partial charge in [0.2, 0.25) is 0 Å². The van der Waals surface area contributed by atoms with Crippen LogP contribution in [0.5, 0.6) is 0 Å². The van der Waals surface area contributed by atoms with E-state index in [0.717, 1.165) is 12.1 Å². The highest BCUT2D eigenvalue weighted by Gasteiger charge is 2.09. The molecule has 0 amide bonds. The smallest absolute Gasteiger partial charge is 0.0587 e. The lowest BCUT2D eigenvalue weighted by atomic mass is 10.1. The molecule has 0 aromatic heterocycles. The number of nitrogens with one attached hydrogen (secondary N) is 1. The van der Waals surface area contributed by atoms with Crippen LogP contribution in [0, 0.1) is 5.92 Å². The molecule has 11 heavy (non-hydrogen) atoms. The van der Waals surface area contributed by atoms with Crippen molar-refractivity contribution in [3.8, 4) is 0 Å². The summed E-state index contributed by atoms with van der Waals surface area (Å²) < 4.78 is 0. The Bertz CT molecular complexity index is 121. The largest absolute Gasteiger partial charge is 0.395 e. The molecule has 0 saturated carbocycles. The summed E-state index contributed by atoms with van der Waals surface area (Å²) in [6, 6.07) is 0.201. The van der Waals surface area contributed by atoms with E-state index < -0.39 is 0 Å². The zero-order valence-electron chi connectivity index (χ0n) is 7.72. The summed E-state index contributed by atoms with van der Waals surface area (Å²) in [6.07, 6.45) is 0. The molecular formula is C9H19NO. The molecule has 0 aliphatic carbocycles. The Kier molecular flexibility index (Phi) is 5.16. The number of aliphatic hydroxyl groups is 1. The molecule has 2 nitrogen and oxygen atoms in total. The number of hydrogen-bond acceptors (Lipinski definition) is 2. The molecule has 0 aliphatic rings. The van der Waals surface area contributed by atoms with Crippen molar-refractivity contribution in [3.05, 3.63) is 12.2 Å². The molecule has 0 aliphatic heterocycles. The SMILES string of the molecule is C=C(C)CNC(CO)C(C)C. The van der Waals surface area contributed by atoms with Gasteiger partial charge >= 0.3 is 0 Å². The number of aliphatic hydroxyl groups excluding tert-OH is 1.